The number of rotatable bonds is 5. The minimum atomic E-state index is -1.34. The Kier molecular flexibility index (Phi) is 5.83. The molecule has 6 nitrogen and oxygen atoms in total. The first kappa shape index (κ1) is 20.2. The number of hydrogen-bond donors (Lipinski definition) is 0. The van der Waals surface area contributed by atoms with Crippen LogP contribution in [-0.4, -0.2) is 64.1 Å². The summed E-state index contributed by atoms with van der Waals surface area (Å²) in [5, 5.41) is -0.325. The van der Waals surface area contributed by atoms with E-state index >= 15 is 0 Å². The Morgan fingerprint density at radius 1 is 1.14 bits per heavy atom. The SMILES string of the molecule is COc1ccc(C2Sc3ccccc3N(CCN(C)C)C(=O)C23OCCO3)cc1. The summed E-state index contributed by atoms with van der Waals surface area (Å²) in [6, 6.07) is 15.8. The first-order valence-corrected chi connectivity index (χ1v) is 10.6. The molecule has 0 radical (unpaired) electrons. The Morgan fingerprint density at radius 3 is 2.48 bits per heavy atom. The lowest BCUT2D eigenvalue weighted by Crippen LogP contribution is -2.53. The van der Waals surface area contributed by atoms with Crippen LogP contribution in [-0.2, 0) is 14.3 Å². The van der Waals surface area contributed by atoms with Crippen LogP contribution < -0.4 is 9.64 Å². The van der Waals surface area contributed by atoms with Gasteiger partial charge >= 0.3 is 0 Å². The molecule has 0 aliphatic carbocycles. The minimum absolute atomic E-state index is 0.143. The lowest BCUT2D eigenvalue weighted by molar-refractivity contribution is -0.180. The number of carbonyl (C=O) groups is 1. The van der Waals surface area contributed by atoms with Crippen molar-refractivity contribution in [3.05, 3.63) is 54.1 Å². The van der Waals surface area contributed by atoms with Crippen LogP contribution in [0.3, 0.4) is 0 Å². The number of carbonyl (C=O) groups excluding carboxylic acids is 1. The zero-order valence-electron chi connectivity index (χ0n) is 17.0. The largest absolute Gasteiger partial charge is 0.497 e. The van der Waals surface area contributed by atoms with Crippen LogP contribution in [0.5, 0.6) is 5.75 Å². The predicted molar refractivity (Wildman–Crippen MR) is 114 cm³/mol. The van der Waals surface area contributed by atoms with Gasteiger partial charge in [0, 0.05) is 18.0 Å². The number of nitrogens with zero attached hydrogens (tertiary/aromatic N) is 2. The number of anilines is 1. The van der Waals surface area contributed by atoms with Gasteiger partial charge in [0.1, 0.15) is 5.75 Å². The standard InChI is InChI=1S/C22H26N2O4S/c1-23(2)12-13-24-18-6-4-5-7-19(18)29-20(16-8-10-17(26-3)11-9-16)22(21(24)25)27-14-15-28-22/h4-11,20H,12-15H2,1-3H3. The summed E-state index contributed by atoms with van der Waals surface area (Å²) in [6.07, 6.45) is 0. The van der Waals surface area contributed by atoms with E-state index in [1.54, 1.807) is 18.9 Å². The van der Waals surface area contributed by atoms with Gasteiger partial charge in [-0.25, -0.2) is 0 Å². The van der Waals surface area contributed by atoms with Crippen LogP contribution in [0.1, 0.15) is 10.8 Å². The van der Waals surface area contributed by atoms with Gasteiger partial charge in [0.25, 0.3) is 11.7 Å². The maximum absolute atomic E-state index is 13.9. The fourth-order valence-electron chi connectivity index (χ4n) is 3.69. The van der Waals surface area contributed by atoms with Gasteiger partial charge in [-0.05, 0) is 43.9 Å². The van der Waals surface area contributed by atoms with Gasteiger partial charge in [0.2, 0.25) is 0 Å². The molecular weight excluding hydrogens is 388 g/mol. The highest BCUT2D eigenvalue weighted by Gasteiger charge is 2.56. The van der Waals surface area contributed by atoms with Gasteiger partial charge in [-0.3, -0.25) is 4.79 Å². The fourth-order valence-corrected chi connectivity index (χ4v) is 5.08. The predicted octanol–water partition coefficient (Wildman–Crippen LogP) is 3.18. The van der Waals surface area contributed by atoms with Crippen molar-refractivity contribution >= 4 is 23.4 Å². The molecule has 2 aliphatic heterocycles. The van der Waals surface area contributed by atoms with Crippen molar-refractivity contribution in [1.29, 1.82) is 0 Å². The van der Waals surface area contributed by atoms with Crippen LogP contribution >= 0.6 is 11.8 Å². The van der Waals surface area contributed by atoms with E-state index in [2.05, 4.69) is 11.0 Å². The Labute approximate surface area is 175 Å². The zero-order valence-corrected chi connectivity index (χ0v) is 17.8. The van der Waals surface area contributed by atoms with E-state index in [9.17, 15) is 4.79 Å². The van der Waals surface area contributed by atoms with E-state index in [0.29, 0.717) is 19.8 Å². The molecule has 2 aromatic rings. The van der Waals surface area contributed by atoms with Crippen molar-refractivity contribution < 1.29 is 19.0 Å². The van der Waals surface area contributed by atoms with E-state index in [4.69, 9.17) is 14.2 Å². The summed E-state index contributed by atoms with van der Waals surface area (Å²) >= 11 is 1.62. The number of para-hydroxylation sites is 1. The third kappa shape index (κ3) is 3.75. The highest BCUT2D eigenvalue weighted by Crippen LogP contribution is 2.53. The second kappa shape index (κ2) is 8.36. The molecule has 0 N–H and O–H groups in total. The molecular formula is C22H26N2O4S. The second-order valence-electron chi connectivity index (χ2n) is 7.36. The summed E-state index contributed by atoms with van der Waals surface area (Å²) in [5.41, 5.74) is 1.87. The van der Waals surface area contributed by atoms with Crippen molar-refractivity contribution in [2.24, 2.45) is 0 Å². The van der Waals surface area contributed by atoms with Gasteiger partial charge in [0.05, 0.1) is 31.3 Å². The molecule has 2 heterocycles. The number of likely N-dealkylation sites (N-methyl/N-ethyl adjacent to an activating group) is 1. The van der Waals surface area contributed by atoms with Gasteiger partial charge in [0.15, 0.2) is 0 Å². The van der Waals surface area contributed by atoms with Crippen molar-refractivity contribution in [2.45, 2.75) is 15.9 Å². The number of benzene rings is 2. The molecule has 0 aromatic heterocycles. The molecule has 0 bridgehead atoms. The lowest BCUT2D eigenvalue weighted by Gasteiger charge is -2.35. The van der Waals surface area contributed by atoms with Gasteiger partial charge in [-0.2, -0.15) is 0 Å². The Balaban J connectivity index is 1.81. The van der Waals surface area contributed by atoms with Crippen molar-refractivity contribution in [3.8, 4) is 5.75 Å². The molecule has 2 aliphatic rings. The summed E-state index contributed by atoms with van der Waals surface area (Å²) in [5.74, 6) is -0.714. The number of methoxy groups -OCH3 is 1. The maximum Gasteiger partial charge on any atom is 0.289 e. The Hall–Kier alpha value is -2.06. The fraction of sp³-hybridized carbons (Fsp3) is 0.409. The second-order valence-corrected chi connectivity index (χ2v) is 8.51. The van der Waals surface area contributed by atoms with Crippen LogP contribution in [0.4, 0.5) is 5.69 Å². The topological polar surface area (TPSA) is 51.2 Å². The number of ether oxygens (including phenoxy) is 3. The molecule has 29 heavy (non-hydrogen) atoms. The van der Waals surface area contributed by atoms with E-state index < -0.39 is 5.79 Å². The van der Waals surface area contributed by atoms with E-state index in [1.165, 1.54) is 0 Å². The minimum Gasteiger partial charge on any atom is -0.497 e. The van der Waals surface area contributed by atoms with Gasteiger partial charge in [-0.1, -0.05) is 24.3 Å². The summed E-state index contributed by atoms with van der Waals surface area (Å²) in [7, 11) is 5.64. The molecule has 0 saturated carbocycles. The van der Waals surface area contributed by atoms with Crippen LogP contribution in [0.15, 0.2) is 53.4 Å². The normalized spacial score (nSPS) is 20.8. The molecule has 1 unspecified atom stereocenters. The molecule has 1 saturated heterocycles. The zero-order chi connectivity index (χ0) is 20.4. The molecule has 4 rings (SSSR count). The molecule has 7 heteroatoms. The summed E-state index contributed by atoms with van der Waals surface area (Å²) < 4.78 is 17.5. The lowest BCUT2D eigenvalue weighted by atomic mass is 10.0. The quantitative estimate of drug-likeness (QED) is 0.749. The highest BCUT2D eigenvalue weighted by molar-refractivity contribution is 7.99. The van der Waals surface area contributed by atoms with E-state index in [0.717, 1.165) is 28.4 Å². The van der Waals surface area contributed by atoms with E-state index in [-0.39, 0.29) is 11.2 Å². The number of amides is 1. The molecule has 1 fully saturated rings. The first-order valence-electron chi connectivity index (χ1n) is 9.69. The average molecular weight is 415 g/mol. The van der Waals surface area contributed by atoms with Gasteiger partial charge < -0.3 is 24.0 Å². The third-order valence-corrected chi connectivity index (χ3v) is 6.61. The smallest absolute Gasteiger partial charge is 0.289 e. The van der Waals surface area contributed by atoms with Gasteiger partial charge in [-0.15, -0.1) is 11.8 Å². The first-order chi connectivity index (χ1) is 14.0. The Bertz CT molecular complexity index is 865. The van der Waals surface area contributed by atoms with E-state index in [1.807, 2.05) is 61.5 Å². The van der Waals surface area contributed by atoms with Crippen molar-refractivity contribution in [1.82, 2.24) is 4.90 Å². The molecule has 2 aromatic carbocycles. The molecule has 1 atom stereocenters. The third-order valence-electron chi connectivity index (χ3n) is 5.19. The van der Waals surface area contributed by atoms with Crippen molar-refractivity contribution in [3.63, 3.8) is 0 Å². The number of thioether (sulfide) groups is 1. The average Bonchev–Trinajstić information content (AvgIpc) is 3.20. The molecule has 154 valence electrons. The van der Waals surface area contributed by atoms with Crippen molar-refractivity contribution in [2.75, 3.05) is 52.4 Å². The van der Waals surface area contributed by atoms with Crippen LogP contribution in [0.25, 0.3) is 0 Å². The number of fused-ring (bicyclic) bond motifs is 1. The maximum atomic E-state index is 13.9. The molecule has 1 spiro atoms. The highest BCUT2D eigenvalue weighted by atomic mass is 32.2. The molecule has 1 amide bonds. The summed E-state index contributed by atoms with van der Waals surface area (Å²) in [4.78, 5) is 18.8. The monoisotopic (exact) mass is 414 g/mol. The Morgan fingerprint density at radius 2 is 1.83 bits per heavy atom. The summed E-state index contributed by atoms with van der Waals surface area (Å²) in [6.45, 7) is 2.11. The van der Waals surface area contributed by atoms with Crippen LogP contribution in [0.2, 0.25) is 0 Å². The van der Waals surface area contributed by atoms with Crippen LogP contribution in [0, 0.1) is 0 Å². The number of hydrogen-bond acceptors (Lipinski definition) is 6.